The summed E-state index contributed by atoms with van der Waals surface area (Å²) in [7, 11) is 1.19. The summed E-state index contributed by atoms with van der Waals surface area (Å²) in [5.74, 6) is -1.59. The molecule has 16 heavy (non-hydrogen) atoms. The molecule has 2 N–H and O–H groups in total. The van der Waals surface area contributed by atoms with E-state index in [1.807, 2.05) is 0 Å². The summed E-state index contributed by atoms with van der Waals surface area (Å²) < 4.78 is 9.47. The van der Waals surface area contributed by atoms with Crippen LogP contribution in [0.1, 0.15) is 26.7 Å². The molecule has 82 valence electrons. The number of nitrogens with zero attached hydrogens (tertiary/aromatic N) is 1. The van der Waals surface area contributed by atoms with Crippen LogP contribution in [0.5, 0.6) is 0 Å². The fourth-order valence-electron chi connectivity index (χ4n) is 1.03. The molecule has 0 atom stereocenters. The summed E-state index contributed by atoms with van der Waals surface area (Å²) in [6.07, 6.45) is 2.36. The number of amides is 1. The zero-order valence-corrected chi connectivity index (χ0v) is 8.39. The third kappa shape index (κ3) is 2.27. The van der Waals surface area contributed by atoms with Gasteiger partial charge in [0.1, 0.15) is 11.3 Å². The van der Waals surface area contributed by atoms with E-state index in [0.29, 0.717) is 0 Å². The first-order valence-corrected chi connectivity index (χ1v) is 4.18. The molecule has 0 spiro atoms. The number of allylic oxidation sites excluding steroid dienone is 1. The number of primary amides is 1. The van der Waals surface area contributed by atoms with Gasteiger partial charge in [-0.15, -0.1) is 0 Å². The first-order chi connectivity index (χ1) is 7.60. The molecule has 0 unspecified atom stereocenters. The van der Waals surface area contributed by atoms with Crippen LogP contribution in [0.2, 0.25) is 0 Å². The lowest BCUT2D eigenvalue weighted by Gasteiger charge is -1.94. The molecule has 1 rings (SSSR count). The van der Waals surface area contributed by atoms with Gasteiger partial charge < -0.3 is 14.9 Å². The van der Waals surface area contributed by atoms with Crippen LogP contribution in [-0.4, -0.2) is 19.0 Å². The lowest BCUT2D eigenvalue weighted by molar-refractivity contribution is 0.0599. The second-order valence-electron chi connectivity index (χ2n) is 2.71. The van der Waals surface area contributed by atoms with Crippen LogP contribution in [-0.2, 0) is 4.74 Å². The molecular weight excluding hydrogens is 212 g/mol. The van der Waals surface area contributed by atoms with E-state index in [9.17, 15) is 9.59 Å². The van der Waals surface area contributed by atoms with E-state index in [4.69, 9.17) is 15.4 Å². The Hall–Kier alpha value is -2.55. The van der Waals surface area contributed by atoms with Gasteiger partial charge in [-0.3, -0.25) is 4.79 Å². The molecule has 0 aliphatic heterocycles. The van der Waals surface area contributed by atoms with Gasteiger partial charge in [0.05, 0.1) is 13.2 Å². The monoisotopic (exact) mass is 220 g/mol. The van der Waals surface area contributed by atoms with E-state index in [0.717, 1.165) is 6.08 Å². The highest BCUT2D eigenvalue weighted by Gasteiger charge is 2.18. The van der Waals surface area contributed by atoms with Crippen LogP contribution in [0.15, 0.2) is 16.6 Å². The Morgan fingerprint density at radius 1 is 1.62 bits per heavy atom. The smallest absolute Gasteiger partial charge is 0.341 e. The van der Waals surface area contributed by atoms with E-state index in [-0.39, 0.29) is 17.1 Å². The van der Waals surface area contributed by atoms with Gasteiger partial charge in [-0.25, -0.2) is 4.79 Å². The molecule has 1 heterocycles. The molecule has 0 saturated carbocycles. The minimum Gasteiger partial charge on any atom is -0.465 e. The van der Waals surface area contributed by atoms with E-state index in [1.54, 1.807) is 6.07 Å². The van der Waals surface area contributed by atoms with Crippen LogP contribution in [0, 0.1) is 11.3 Å². The zero-order chi connectivity index (χ0) is 12.1. The summed E-state index contributed by atoms with van der Waals surface area (Å²) in [6.45, 7) is 0. The van der Waals surface area contributed by atoms with Crippen molar-refractivity contribution in [3.8, 4) is 6.07 Å². The van der Waals surface area contributed by atoms with Crippen molar-refractivity contribution in [2.45, 2.75) is 0 Å². The van der Waals surface area contributed by atoms with Crippen molar-refractivity contribution in [3.05, 3.63) is 29.2 Å². The number of hydrogen-bond donors (Lipinski definition) is 1. The Morgan fingerprint density at radius 3 is 2.81 bits per heavy atom. The second kappa shape index (κ2) is 4.79. The van der Waals surface area contributed by atoms with Crippen molar-refractivity contribution in [1.29, 1.82) is 5.26 Å². The molecule has 1 aromatic heterocycles. The van der Waals surface area contributed by atoms with Gasteiger partial charge in [-0.1, -0.05) is 0 Å². The van der Waals surface area contributed by atoms with Crippen molar-refractivity contribution in [2.75, 3.05) is 7.11 Å². The Kier molecular flexibility index (Phi) is 3.45. The number of methoxy groups -OCH3 is 1. The van der Waals surface area contributed by atoms with Gasteiger partial charge >= 0.3 is 5.97 Å². The van der Waals surface area contributed by atoms with Gasteiger partial charge in [-0.2, -0.15) is 5.26 Å². The van der Waals surface area contributed by atoms with E-state index in [1.165, 1.54) is 19.3 Å². The number of nitriles is 1. The van der Waals surface area contributed by atoms with Gasteiger partial charge in [0, 0.05) is 12.1 Å². The quantitative estimate of drug-likeness (QED) is 0.596. The third-order valence-corrected chi connectivity index (χ3v) is 1.72. The number of nitrogens with two attached hydrogens (primary N) is 1. The average Bonchev–Trinajstić information content (AvgIpc) is 2.69. The molecule has 6 nitrogen and oxygen atoms in total. The summed E-state index contributed by atoms with van der Waals surface area (Å²) in [4.78, 5) is 22.1. The highest BCUT2D eigenvalue weighted by Crippen LogP contribution is 2.17. The van der Waals surface area contributed by atoms with Gasteiger partial charge in [0.15, 0.2) is 5.76 Å². The highest BCUT2D eigenvalue weighted by molar-refractivity contribution is 5.97. The number of ether oxygens (including phenoxy) is 1. The normalized spacial score (nSPS) is 10.0. The molecule has 0 bridgehead atoms. The van der Waals surface area contributed by atoms with Crippen molar-refractivity contribution in [2.24, 2.45) is 5.73 Å². The van der Waals surface area contributed by atoms with Crippen molar-refractivity contribution >= 4 is 18.0 Å². The molecule has 0 saturated heterocycles. The first kappa shape index (κ1) is 11.5. The second-order valence-corrected chi connectivity index (χ2v) is 2.71. The maximum atomic E-state index is 11.3. The summed E-state index contributed by atoms with van der Waals surface area (Å²) in [5, 5.41) is 8.34. The van der Waals surface area contributed by atoms with Crippen LogP contribution < -0.4 is 5.73 Å². The molecule has 0 aliphatic rings. The molecule has 6 heteroatoms. The maximum absolute atomic E-state index is 11.3. The van der Waals surface area contributed by atoms with Crippen molar-refractivity contribution in [3.63, 3.8) is 0 Å². The molecule has 1 aromatic rings. The number of hydrogen-bond acceptors (Lipinski definition) is 5. The Bertz CT molecular complexity index is 493. The zero-order valence-electron chi connectivity index (χ0n) is 8.39. The van der Waals surface area contributed by atoms with Crippen molar-refractivity contribution in [1.82, 2.24) is 0 Å². The van der Waals surface area contributed by atoms with Crippen molar-refractivity contribution < 1.29 is 18.7 Å². The highest BCUT2D eigenvalue weighted by atomic mass is 16.5. The number of rotatable bonds is 3. The summed E-state index contributed by atoms with van der Waals surface area (Å²) in [5.41, 5.74) is 5.04. The van der Waals surface area contributed by atoms with Gasteiger partial charge in [0.25, 0.3) is 5.91 Å². The van der Waals surface area contributed by atoms with Crippen LogP contribution in [0.4, 0.5) is 0 Å². The number of furan rings is 1. The van der Waals surface area contributed by atoms with Crippen LogP contribution in [0.3, 0.4) is 0 Å². The SMILES string of the molecule is COC(=O)c1cc(C(N)=O)oc1/C=C/C#N. The predicted octanol–water partition coefficient (Wildman–Crippen LogP) is 0.702. The Balaban J connectivity index is 3.23. The number of carbonyl (C=O) groups excluding carboxylic acids is 2. The molecular formula is C10H8N2O4. The standard InChI is InChI=1S/C10H8N2O4/c1-15-10(14)6-5-8(9(12)13)16-7(6)3-2-4-11/h2-3,5H,1H3,(H2,12,13)/b3-2+. The molecule has 0 fully saturated rings. The minimum atomic E-state index is -0.804. The summed E-state index contributed by atoms with van der Waals surface area (Å²) >= 11 is 0. The number of carbonyl (C=O) groups is 2. The van der Waals surface area contributed by atoms with Crippen LogP contribution >= 0.6 is 0 Å². The largest absolute Gasteiger partial charge is 0.465 e. The maximum Gasteiger partial charge on any atom is 0.341 e. The number of esters is 1. The van der Waals surface area contributed by atoms with Gasteiger partial charge in [-0.05, 0) is 6.08 Å². The first-order valence-electron chi connectivity index (χ1n) is 4.18. The average molecular weight is 220 g/mol. The van der Waals surface area contributed by atoms with E-state index >= 15 is 0 Å². The fourth-order valence-corrected chi connectivity index (χ4v) is 1.03. The topological polar surface area (TPSA) is 106 Å². The fraction of sp³-hybridized carbons (Fsp3) is 0.100. The molecule has 0 aromatic carbocycles. The van der Waals surface area contributed by atoms with E-state index in [2.05, 4.69) is 4.74 Å². The van der Waals surface area contributed by atoms with E-state index < -0.39 is 11.9 Å². The lowest BCUT2D eigenvalue weighted by atomic mass is 10.2. The molecule has 1 amide bonds. The van der Waals surface area contributed by atoms with Crippen LogP contribution in [0.25, 0.3) is 6.08 Å². The van der Waals surface area contributed by atoms with Gasteiger partial charge in [0.2, 0.25) is 0 Å². The minimum absolute atomic E-state index is 0.0443. The predicted molar refractivity (Wildman–Crippen MR) is 53.2 cm³/mol. The Labute approximate surface area is 90.9 Å². The summed E-state index contributed by atoms with van der Waals surface area (Å²) in [6, 6.07) is 2.90. The molecule has 0 aliphatic carbocycles. The Morgan fingerprint density at radius 2 is 2.31 bits per heavy atom. The third-order valence-electron chi connectivity index (χ3n) is 1.72. The lowest BCUT2D eigenvalue weighted by Crippen LogP contribution is -2.09. The molecule has 0 radical (unpaired) electrons.